The lowest BCUT2D eigenvalue weighted by molar-refractivity contribution is 0.0950. The average molecular weight is 261 g/mol. The van der Waals surface area contributed by atoms with E-state index in [1.807, 2.05) is 19.0 Å². The Labute approximate surface area is 110 Å². The van der Waals surface area contributed by atoms with Crippen molar-refractivity contribution in [2.75, 3.05) is 24.7 Å². The molecule has 0 aliphatic carbocycles. The fourth-order valence-electron chi connectivity index (χ4n) is 1.62. The highest BCUT2D eigenvalue weighted by molar-refractivity contribution is 5.96. The molecule has 8 nitrogen and oxygen atoms in total. The van der Waals surface area contributed by atoms with Crippen molar-refractivity contribution < 1.29 is 4.79 Å². The number of aromatic nitrogens is 4. The van der Waals surface area contributed by atoms with Gasteiger partial charge in [0.15, 0.2) is 5.82 Å². The second kappa shape index (κ2) is 5.34. The highest BCUT2D eigenvalue weighted by Gasteiger charge is 2.09. The minimum absolute atomic E-state index is 0.213. The molecule has 8 heteroatoms. The van der Waals surface area contributed by atoms with Crippen LogP contribution in [0.1, 0.15) is 16.2 Å². The normalized spacial score (nSPS) is 10.2. The van der Waals surface area contributed by atoms with E-state index in [4.69, 9.17) is 5.73 Å². The van der Waals surface area contributed by atoms with Crippen LogP contribution < -0.4 is 16.0 Å². The second-order valence-electron chi connectivity index (χ2n) is 4.18. The van der Waals surface area contributed by atoms with E-state index in [1.54, 1.807) is 18.2 Å². The summed E-state index contributed by atoms with van der Waals surface area (Å²) in [6.07, 6.45) is 0. The number of tetrazole rings is 1. The number of amides is 1. The topological polar surface area (TPSA) is 113 Å². The van der Waals surface area contributed by atoms with E-state index in [2.05, 4.69) is 25.9 Å². The lowest BCUT2D eigenvalue weighted by Crippen LogP contribution is -2.23. The molecule has 4 N–H and O–H groups in total. The molecule has 19 heavy (non-hydrogen) atoms. The van der Waals surface area contributed by atoms with Crippen LogP contribution in [0.4, 0.5) is 11.4 Å². The van der Waals surface area contributed by atoms with Gasteiger partial charge in [-0.05, 0) is 18.2 Å². The number of nitrogen functional groups attached to an aromatic ring is 1. The van der Waals surface area contributed by atoms with Crippen molar-refractivity contribution in [3.8, 4) is 0 Å². The van der Waals surface area contributed by atoms with E-state index in [-0.39, 0.29) is 12.5 Å². The molecule has 1 heterocycles. The maximum absolute atomic E-state index is 11.9. The fourth-order valence-corrected chi connectivity index (χ4v) is 1.62. The molecular formula is C11H15N7O. The number of anilines is 2. The Hall–Kier alpha value is -2.64. The number of H-pyrrole nitrogens is 1. The number of rotatable bonds is 4. The van der Waals surface area contributed by atoms with Crippen molar-refractivity contribution >= 4 is 17.3 Å². The Morgan fingerprint density at radius 1 is 1.47 bits per heavy atom. The molecule has 1 aromatic heterocycles. The summed E-state index contributed by atoms with van der Waals surface area (Å²) >= 11 is 0. The number of aromatic amines is 1. The van der Waals surface area contributed by atoms with Gasteiger partial charge in [-0.2, -0.15) is 5.21 Å². The molecule has 0 saturated carbocycles. The van der Waals surface area contributed by atoms with Gasteiger partial charge < -0.3 is 16.0 Å². The summed E-state index contributed by atoms with van der Waals surface area (Å²) < 4.78 is 0. The predicted octanol–water partition coefficient (Wildman–Crippen LogP) is -0.222. The van der Waals surface area contributed by atoms with Crippen molar-refractivity contribution in [1.29, 1.82) is 0 Å². The number of nitrogens with one attached hydrogen (secondary N) is 2. The molecule has 0 bridgehead atoms. The standard InChI is InChI=1S/C11H15N7O/c1-18(2)9-4-3-7(5-8(9)12)11(19)13-6-10-14-16-17-15-10/h3-5H,6,12H2,1-2H3,(H,13,19)(H,14,15,16,17). The zero-order valence-corrected chi connectivity index (χ0v) is 10.7. The monoisotopic (exact) mass is 261 g/mol. The lowest BCUT2D eigenvalue weighted by atomic mass is 10.1. The number of carbonyl (C=O) groups excluding carboxylic acids is 1. The van der Waals surface area contributed by atoms with E-state index >= 15 is 0 Å². The van der Waals surface area contributed by atoms with Crippen molar-refractivity contribution in [2.45, 2.75) is 6.54 Å². The van der Waals surface area contributed by atoms with Crippen LogP contribution in [0, 0.1) is 0 Å². The number of carbonyl (C=O) groups is 1. The Morgan fingerprint density at radius 3 is 2.84 bits per heavy atom. The molecule has 2 rings (SSSR count). The van der Waals surface area contributed by atoms with Gasteiger partial charge in [0.25, 0.3) is 5.91 Å². The highest BCUT2D eigenvalue weighted by atomic mass is 16.1. The fraction of sp³-hybridized carbons (Fsp3) is 0.273. The zero-order valence-electron chi connectivity index (χ0n) is 10.7. The van der Waals surface area contributed by atoms with Gasteiger partial charge in [0.1, 0.15) is 0 Å². The van der Waals surface area contributed by atoms with Gasteiger partial charge in [-0.25, -0.2) is 0 Å². The molecule has 0 atom stereocenters. The van der Waals surface area contributed by atoms with Crippen LogP contribution in [0.5, 0.6) is 0 Å². The molecule has 100 valence electrons. The van der Waals surface area contributed by atoms with E-state index in [0.29, 0.717) is 17.1 Å². The predicted molar refractivity (Wildman–Crippen MR) is 70.5 cm³/mol. The Morgan fingerprint density at radius 2 is 2.26 bits per heavy atom. The summed E-state index contributed by atoms with van der Waals surface area (Å²) in [7, 11) is 3.78. The smallest absolute Gasteiger partial charge is 0.251 e. The van der Waals surface area contributed by atoms with E-state index in [9.17, 15) is 4.79 Å². The molecular weight excluding hydrogens is 246 g/mol. The number of nitrogens with two attached hydrogens (primary N) is 1. The van der Waals surface area contributed by atoms with Gasteiger partial charge in [0.2, 0.25) is 0 Å². The average Bonchev–Trinajstić information content (AvgIpc) is 2.88. The van der Waals surface area contributed by atoms with Gasteiger partial charge in [0.05, 0.1) is 17.9 Å². The number of hydrogen-bond donors (Lipinski definition) is 3. The minimum atomic E-state index is -0.234. The summed E-state index contributed by atoms with van der Waals surface area (Å²) in [6.45, 7) is 0.213. The Kier molecular flexibility index (Phi) is 3.60. The first-order chi connectivity index (χ1) is 9.08. The summed E-state index contributed by atoms with van der Waals surface area (Å²) in [5.41, 5.74) is 7.80. The molecule has 2 aromatic rings. The molecule has 0 spiro atoms. The van der Waals surface area contributed by atoms with Crippen LogP contribution in [0.15, 0.2) is 18.2 Å². The third kappa shape index (κ3) is 2.97. The molecule has 1 amide bonds. The third-order valence-corrected chi connectivity index (χ3v) is 2.57. The molecule has 0 unspecified atom stereocenters. The molecule has 0 radical (unpaired) electrons. The summed E-state index contributed by atoms with van der Waals surface area (Å²) in [5.74, 6) is 0.188. The van der Waals surface area contributed by atoms with Crippen LogP contribution in [-0.2, 0) is 6.54 Å². The van der Waals surface area contributed by atoms with Crippen LogP contribution in [0.2, 0.25) is 0 Å². The van der Waals surface area contributed by atoms with Crippen molar-refractivity contribution in [3.63, 3.8) is 0 Å². The quantitative estimate of drug-likeness (QED) is 0.656. The van der Waals surface area contributed by atoms with Gasteiger partial charge in [-0.15, -0.1) is 10.2 Å². The van der Waals surface area contributed by atoms with Crippen LogP contribution in [0.3, 0.4) is 0 Å². The minimum Gasteiger partial charge on any atom is -0.397 e. The first-order valence-corrected chi connectivity index (χ1v) is 5.65. The maximum Gasteiger partial charge on any atom is 0.251 e. The zero-order chi connectivity index (χ0) is 13.8. The molecule has 0 saturated heterocycles. The Bertz CT molecular complexity index is 564. The molecule has 1 aromatic carbocycles. The summed E-state index contributed by atoms with van der Waals surface area (Å²) in [6, 6.07) is 5.16. The number of nitrogens with zero attached hydrogens (tertiary/aromatic N) is 4. The van der Waals surface area contributed by atoms with Crippen LogP contribution in [-0.4, -0.2) is 40.6 Å². The lowest BCUT2D eigenvalue weighted by Gasteiger charge is -2.15. The highest BCUT2D eigenvalue weighted by Crippen LogP contribution is 2.22. The van der Waals surface area contributed by atoms with Crippen LogP contribution in [0.25, 0.3) is 0 Å². The van der Waals surface area contributed by atoms with Crippen molar-refractivity contribution in [2.24, 2.45) is 0 Å². The second-order valence-corrected chi connectivity index (χ2v) is 4.18. The van der Waals surface area contributed by atoms with E-state index < -0.39 is 0 Å². The molecule has 0 aliphatic heterocycles. The van der Waals surface area contributed by atoms with Gasteiger partial charge in [0, 0.05) is 19.7 Å². The van der Waals surface area contributed by atoms with E-state index in [1.165, 1.54) is 0 Å². The molecule has 0 fully saturated rings. The van der Waals surface area contributed by atoms with Gasteiger partial charge >= 0.3 is 0 Å². The van der Waals surface area contributed by atoms with Gasteiger partial charge in [-0.1, -0.05) is 5.21 Å². The summed E-state index contributed by atoms with van der Waals surface area (Å²) in [4.78, 5) is 13.8. The summed E-state index contributed by atoms with van der Waals surface area (Å²) in [5, 5.41) is 15.9. The SMILES string of the molecule is CN(C)c1ccc(C(=O)NCc2nn[nH]n2)cc1N. The third-order valence-electron chi connectivity index (χ3n) is 2.57. The maximum atomic E-state index is 11.9. The van der Waals surface area contributed by atoms with E-state index in [0.717, 1.165) is 5.69 Å². The first kappa shape index (κ1) is 12.8. The van der Waals surface area contributed by atoms with Crippen LogP contribution >= 0.6 is 0 Å². The number of hydrogen-bond acceptors (Lipinski definition) is 6. The molecule has 0 aliphatic rings. The Balaban J connectivity index is 2.05. The number of benzene rings is 1. The van der Waals surface area contributed by atoms with Crippen molar-refractivity contribution in [3.05, 3.63) is 29.6 Å². The van der Waals surface area contributed by atoms with Crippen molar-refractivity contribution in [1.82, 2.24) is 25.9 Å². The first-order valence-electron chi connectivity index (χ1n) is 5.65. The van der Waals surface area contributed by atoms with Gasteiger partial charge in [-0.3, -0.25) is 4.79 Å². The largest absolute Gasteiger partial charge is 0.397 e.